The minimum absolute atomic E-state index is 0.0583. The Morgan fingerprint density at radius 2 is 1.96 bits per heavy atom. The predicted octanol–water partition coefficient (Wildman–Crippen LogP) is 4.30. The lowest BCUT2D eigenvalue weighted by atomic mass is 10.1. The van der Waals surface area contributed by atoms with Crippen LogP contribution in [0.25, 0.3) is 10.9 Å². The van der Waals surface area contributed by atoms with Gasteiger partial charge in [0.1, 0.15) is 5.69 Å². The standard InChI is InChI=1S/C20H18N2O2/c1-3-24-20(23)19-12-17-10-9-15(13-21)11-18(17)22(19)14(2)16-7-5-4-6-8-16/h4-12,14H,3H2,1-2H3. The maximum atomic E-state index is 12.4. The molecule has 24 heavy (non-hydrogen) atoms. The van der Waals surface area contributed by atoms with Crippen molar-refractivity contribution in [1.82, 2.24) is 4.57 Å². The molecule has 3 rings (SSSR count). The first-order valence-electron chi connectivity index (χ1n) is 7.93. The van der Waals surface area contributed by atoms with E-state index in [1.807, 2.05) is 60.0 Å². The third-order valence-corrected chi connectivity index (χ3v) is 4.12. The van der Waals surface area contributed by atoms with Crippen LogP contribution >= 0.6 is 0 Å². The van der Waals surface area contributed by atoms with Crippen molar-refractivity contribution in [2.24, 2.45) is 0 Å². The first kappa shape index (κ1) is 15.8. The molecule has 4 heteroatoms. The van der Waals surface area contributed by atoms with Gasteiger partial charge in [-0.15, -0.1) is 0 Å². The fourth-order valence-corrected chi connectivity index (χ4v) is 2.95. The highest BCUT2D eigenvalue weighted by molar-refractivity contribution is 5.96. The topological polar surface area (TPSA) is 55.0 Å². The van der Waals surface area contributed by atoms with E-state index in [0.717, 1.165) is 16.5 Å². The van der Waals surface area contributed by atoms with E-state index in [1.165, 1.54) is 0 Å². The number of carbonyl (C=O) groups excluding carboxylic acids is 1. The minimum Gasteiger partial charge on any atom is -0.461 e. The van der Waals surface area contributed by atoms with Crippen molar-refractivity contribution in [3.05, 3.63) is 71.4 Å². The molecule has 0 N–H and O–H groups in total. The maximum absolute atomic E-state index is 12.4. The van der Waals surface area contributed by atoms with Crippen molar-refractivity contribution >= 4 is 16.9 Å². The summed E-state index contributed by atoms with van der Waals surface area (Å²) < 4.78 is 7.16. The molecule has 0 spiro atoms. The molecule has 1 heterocycles. The molecule has 0 saturated heterocycles. The van der Waals surface area contributed by atoms with Crippen molar-refractivity contribution in [3.63, 3.8) is 0 Å². The van der Waals surface area contributed by atoms with E-state index in [4.69, 9.17) is 4.74 Å². The number of nitrogens with zero attached hydrogens (tertiary/aromatic N) is 2. The summed E-state index contributed by atoms with van der Waals surface area (Å²) in [6.07, 6.45) is 0. The number of fused-ring (bicyclic) bond motifs is 1. The maximum Gasteiger partial charge on any atom is 0.354 e. The molecule has 0 amide bonds. The van der Waals surface area contributed by atoms with Crippen LogP contribution < -0.4 is 0 Å². The first-order valence-corrected chi connectivity index (χ1v) is 7.93. The Bertz CT molecular complexity index is 920. The van der Waals surface area contributed by atoms with Crippen molar-refractivity contribution in [2.75, 3.05) is 6.61 Å². The molecular weight excluding hydrogens is 300 g/mol. The zero-order chi connectivity index (χ0) is 17.1. The Hall–Kier alpha value is -3.06. The molecular formula is C20H18N2O2. The summed E-state index contributed by atoms with van der Waals surface area (Å²) in [6.45, 7) is 4.15. The number of ether oxygens (including phenoxy) is 1. The fraction of sp³-hybridized carbons (Fsp3) is 0.200. The summed E-state index contributed by atoms with van der Waals surface area (Å²) in [6, 6.07) is 19.3. The summed E-state index contributed by atoms with van der Waals surface area (Å²) in [5.41, 5.74) is 3.01. The molecule has 0 radical (unpaired) electrons. The summed E-state index contributed by atoms with van der Waals surface area (Å²) in [5.74, 6) is -0.352. The Labute approximate surface area is 140 Å². The lowest BCUT2D eigenvalue weighted by Crippen LogP contribution is -2.16. The SMILES string of the molecule is CCOC(=O)c1cc2ccc(C#N)cc2n1C(C)c1ccccc1. The smallest absolute Gasteiger partial charge is 0.354 e. The lowest BCUT2D eigenvalue weighted by molar-refractivity contribution is 0.0513. The third-order valence-electron chi connectivity index (χ3n) is 4.12. The van der Waals surface area contributed by atoms with E-state index < -0.39 is 0 Å². The van der Waals surface area contributed by atoms with E-state index >= 15 is 0 Å². The van der Waals surface area contributed by atoms with E-state index in [0.29, 0.717) is 17.9 Å². The molecule has 1 aromatic heterocycles. The molecule has 3 aromatic rings. The summed E-state index contributed by atoms with van der Waals surface area (Å²) in [4.78, 5) is 12.4. The third kappa shape index (κ3) is 2.77. The molecule has 1 unspecified atom stereocenters. The monoisotopic (exact) mass is 318 g/mol. The van der Waals surface area contributed by atoms with Crippen LogP contribution in [-0.4, -0.2) is 17.1 Å². The van der Waals surface area contributed by atoms with Crippen LogP contribution in [0.2, 0.25) is 0 Å². The van der Waals surface area contributed by atoms with Crippen LogP contribution in [0.4, 0.5) is 0 Å². The van der Waals surface area contributed by atoms with Crippen LogP contribution in [0.1, 0.15) is 41.5 Å². The molecule has 0 fully saturated rings. The van der Waals surface area contributed by atoms with Crippen molar-refractivity contribution in [2.45, 2.75) is 19.9 Å². The highest BCUT2D eigenvalue weighted by Crippen LogP contribution is 2.29. The number of hydrogen-bond donors (Lipinski definition) is 0. The Morgan fingerprint density at radius 3 is 2.62 bits per heavy atom. The van der Waals surface area contributed by atoms with Crippen LogP contribution in [0, 0.1) is 11.3 Å². The number of aromatic nitrogens is 1. The highest BCUT2D eigenvalue weighted by atomic mass is 16.5. The number of esters is 1. The van der Waals surface area contributed by atoms with Crippen LogP contribution in [0.5, 0.6) is 0 Å². The Kier molecular flexibility index (Phi) is 4.35. The van der Waals surface area contributed by atoms with E-state index in [2.05, 4.69) is 6.07 Å². The number of nitriles is 1. The van der Waals surface area contributed by atoms with Crippen molar-refractivity contribution < 1.29 is 9.53 Å². The molecule has 0 aliphatic carbocycles. The average molecular weight is 318 g/mol. The normalized spacial score (nSPS) is 11.9. The molecule has 0 bridgehead atoms. The highest BCUT2D eigenvalue weighted by Gasteiger charge is 2.21. The van der Waals surface area contributed by atoms with Gasteiger partial charge in [-0.2, -0.15) is 5.26 Å². The van der Waals surface area contributed by atoms with Gasteiger partial charge in [0.25, 0.3) is 0 Å². The second kappa shape index (κ2) is 6.59. The van der Waals surface area contributed by atoms with E-state index in [-0.39, 0.29) is 12.0 Å². The molecule has 0 saturated carbocycles. The van der Waals surface area contributed by atoms with Gasteiger partial charge in [-0.1, -0.05) is 36.4 Å². The van der Waals surface area contributed by atoms with Crippen molar-refractivity contribution in [3.8, 4) is 6.07 Å². The molecule has 120 valence electrons. The zero-order valence-electron chi connectivity index (χ0n) is 13.7. The van der Waals surface area contributed by atoms with Crippen LogP contribution in [0.15, 0.2) is 54.6 Å². The molecule has 4 nitrogen and oxygen atoms in total. The molecule has 0 aliphatic heterocycles. The first-order chi connectivity index (χ1) is 11.7. The summed E-state index contributed by atoms with van der Waals surface area (Å²) >= 11 is 0. The zero-order valence-corrected chi connectivity index (χ0v) is 13.7. The average Bonchev–Trinajstić information content (AvgIpc) is 3.00. The van der Waals surface area contributed by atoms with Gasteiger partial charge >= 0.3 is 5.97 Å². The lowest BCUT2D eigenvalue weighted by Gasteiger charge is -2.19. The van der Waals surface area contributed by atoms with Crippen LogP contribution in [-0.2, 0) is 4.74 Å². The van der Waals surface area contributed by atoms with Gasteiger partial charge in [0, 0.05) is 5.39 Å². The second-order valence-corrected chi connectivity index (χ2v) is 5.59. The van der Waals surface area contributed by atoms with Gasteiger partial charge < -0.3 is 9.30 Å². The summed E-state index contributed by atoms with van der Waals surface area (Å²) in [7, 11) is 0. The van der Waals surface area contributed by atoms with Gasteiger partial charge in [0.15, 0.2) is 0 Å². The fourth-order valence-electron chi connectivity index (χ4n) is 2.95. The number of hydrogen-bond acceptors (Lipinski definition) is 3. The van der Waals surface area contributed by atoms with Gasteiger partial charge in [-0.25, -0.2) is 4.79 Å². The molecule has 0 aliphatic rings. The second-order valence-electron chi connectivity index (χ2n) is 5.59. The van der Waals surface area contributed by atoms with Gasteiger partial charge in [0.2, 0.25) is 0 Å². The largest absolute Gasteiger partial charge is 0.461 e. The van der Waals surface area contributed by atoms with Crippen LogP contribution in [0.3, 0.4) is 0 Å². The van der Waals surface area contributed by atoms with Crippen molar-refractivity contribution in [1.29, 1.82) is 5.26 Å². The van der Waals surface area contributed by atoms with Gasteiger partial charge in [0.05, 0.1) is 29.8 Å². The number of rotatable bonds is 4. The Morgan fingerprint density at radius 1 is 1.21 bits per heavy atom. The quantitative estimate of drug-likeness (QED) is 0.674. The minimum atomic E-state index is -0.352. The van der Waals surface area contributed by atoms with E-state index in [1.54, 1.807) is 13.0 Å². The van der Waals surface area contributed by atoms with Gasteiger partial charge in [-0.05, 0) is 37.6 Å². The Balaban J connectivity index is 2.23. The summed E-state index contributed by atoms with van der Waals surface area (Å²) in [5, 5.41) is 10.1. The number of carbonyl (C=O) groups is 1. The predicted molar refractivity (Wildman–Crippen MR) is 92.9 cm³/mol. The molecule has 1 atom stereocenters. The van der Waals surface area contributed by atoms with Gasteiger partial charge in [-0.3, -0.25) is 0 Å². The van der Waals surface area contributed by atoms with E-state index in [9.17, 15) is 10.1 Å². The molecule has 2 aromatic carbocycles. The number of benzene rings is 2.